The van der Waals surface area contributed by atoms with Gasteiger partial charge in [0.1, 0.15) is 0 Å². The second-order valence-corrected chi connectivity index (χ2v) is 8.40. The first kappa shape index (κ1) is 15.2. The molecule has 0 aliphatic heterocycles. The minimum absolute atomic E-state index is 0.643. The van der Waals surface area contributed by atoms with Crippen molar-refractivity contribution in [3.05, 3.63) is 12.2 Å². The van der Waals surface area contributed by atoms with Gasteiger partial charge in [-0.2, -0.15) is 0 Å². The van der Waals surface area contributed by atoms with E-state index in [1.807, 2.05) is 0 Å². The minimum atomic E-state index is 0.643. The molecule has 1 aliphatic carbocycles. The molecule has 0 aromatic carbocycles. The monoisotopic (exact) mass is 254 g/mol. The van der Waals surface area contributed by atoms with E-state index in [2.05, 4.69) is 48.1 Å². The highest BCUT2D eigenvalue weighted by Gasteiger charge is 2.33. The predicted molar refractivity (Wildman–Crippen MR) is 82.3 cm³/mol. The van der Waals surface area contributed by atoms with Gasteiger partial charge in [0, 0.05) is 0 Å². The van der Waals surface area contributed by atoms with Crippen LogP contribution < -0.4 is 0 Å². The molecule has 0 N–H and O–H groups in total. The maximum absolute atomic E-state index is 4.30. The van der Waals surface area contributed by atoms with Crippen LogP contribution in [0, 0.1) is 23.7 Å². The van der Waals surface area contributed by atoms with Crippen LogP contribution in [-0.4, -0.2) is 11.3 Å². The Kier molecular flexibility index (Phi) is 5.71. The van der Waals surface area contributed by atoms with Gasteiger partial charge in [-0.1, -0.05) is 60.1 Å². The number of hydrogen-bond donors (Lipinski definition) is 0. The molecule has 1 aliphatic rings. The molecule has 0 amide bonds. The molecular weight excluding hydrogens is 223 g/mol. The summed E-state index contributed by atoms with van der Waals surface area (Å²) in [6.45, 7) is 18.6. The lowest BCUT2D eigenvalue weighted by Crippen LogP contribution is -2.33. The van der Waals surface area contributed by atoms with E-state index in [4.69, 9.17) is 0 Å². The topological polar surface area (TPSA) is 0 Å². The maximum atomic E-state index is 4.30. The highest BCUT2D eigenvalue weighted by molar-refractivity contribution is 7.40. The van der Waals surface area contributed by atoms with Gasteiger partial charge in [-0.25, -0.2) is 0 Å². The molecule has 1 saturated carbocycles. The number of allylic oxidation sites excluding steroid dienone is 1. The van der Waals surface area contributed by atoms with Gasteiger partial charge in [0.2, 0.25) is 0 Å². The molecule has 1 rings (SSSR count). The molecule has 1 fully saturated rings. The largest absolute Gasteiger partial charge is 0.111 e. The van der Waals surface area contributed by atoms with Crippen molar-refractivity contribution >= 4 is 8.58 Å². The van der Waals surface area contributed by atoms with Gasteiger partial charge < -0.3 is 0 Å². The molecule has 0 bridgehead atoms. The molecule has 6 unspecified atom stereocenters. The lowest BCUT2D eigenvalue weighted by Gasteiger charge is -2.40. The van der Waals surface area contributed by atoms with Gasteiger partial charge in [0.15, 0.2) is 0 Å². The highest BCUT2D eigenvalue weighted by atomic mass is 31.1. The third-order valence-corrected chi connectivity index (χ3v) is 7.25. The summed E-state index contributed by atoms with van der Waals surface area (Å²) in [5, 5.41) is 0. The number of rotatable bonds is 4. The Labute approximate surface area is 110 Å². The fourth-order valence-corrected chi connectivity index (χ4v) is 5.30. The van der Waals surface area contributed by atoms with Crippen molar-refractivity contribution in [1.29, 1.82) is 0 Å². The molecular formula is C16H31P. The molecule has 0 aromatic heterocycles. The standard InChI is InChI=1S/C16H31P/c1-10(2)13(5)15(7)17-16-12(4)9-8-11(3)14(16)6/h10-12,14-17H,5,8-9H2,1-4,6-7H3. The van der Waals surface area contributed by atoms with Gasteiger partial charge in [-0.05, 0) is 41.4 Å². The molecule has 0 spiro atoms. The fourth-order valence-electron chi connectivity index (χ4n) is 3.05. The van der Waals surface area contributed by atoms with Gasteiger partial charge in [-0.15, -0.1) is 8.58 Å². The van der Waals surface area contributed by atoms with E-state index in [0.29, 0.717) is 5.92 Å². The van der Waals surface area contributed by atoms with Gasteiger partial charge >= 0.3 is 0 Å². The summed E-state index contributed by atoms with van der Waals surface area (Å²) in [5.74, 6) is 3.38. The van der Waals surface area contributed by atoms with Crippen molar-refractivity contribution < 1.29 is 0 Å². The van der Waals surface area contributed by atoms with E-state index in [0.717, 1.165) is 37.7 Å². The van der Waals surface area contributed by atoms with Crippen molar-refractivity contribution in [2.45, 2.75) is 65.7 Å². The summed E-state index contributed by atoms with van der Waals surface area (Å²) >= 11 is 0. The Hall–Kier alpha value is 0.170. The molecule has 0 radical (unpaired) electrons. The molecule has 0 aromatic rings. The summed E-state index contributed by atoms with van der Waals surface area (Å²) in [6, 6.07) is 0. The molecule has 100 valence electrons. The Morgan fingerprint density at radius 3 is 2.12 bits per heavy atom. The molecule has 0 heterocycles. The van der Waals surface area contributed by atoms with Crippen molar-refractivity contribution in [2.75, 3.05) is 0 Å². The zero-order valence-electron chi connectivity index (χ0n) is 12.6. The minimum Gasteiger partial charge on any atom is -0.111 e. The first-order chi connectivity index (χ1) is 7.84. The predicted octanol–water partition coefficient (Wildman–Crippen LogP) is 5.34. The van der Waals surface area contributed by atoms with Crippen LogP contribution in [0.2, 0.25) is 0 Å². The van der Waals surface area contributed by atoms with Gasteiger partial charge in [0.25, 0.3) is 0 Å². The third kappa shape index (κ3) is 3.82. The summed E-state index contributed by atoms with van der Waals surface area (Å²) < 4.78 is 0. The fraction of sp³-hybridized carbons (Fsp3) is 0.875. The van der Waals surface area contributed by atoms with E-state index in [-0.39, 0.29) is 0 Å². The Morgan fingerprint density at radius 2 is 1.59 bits per heavy atom. The zero-order chi connectivity index (χ0) is 13.2. The van der Waals surface area contributed by atoms with E-state index < -0.39 is 0 Å². The average Bonchev–Trinajstić information content (AvgIpc) is 2.28. The van der Waals surface area contributed by atoms with Crippen LogP contribution in [0.5, 0.6) is 0 Å². The first-order valence-corrected chi connectivity index (χ1v) is 8.44. The van der Waals surface area contributed by atoms with Crippen molar-refractivity contribution in [3.8, 4) is 0 Å². The van der Waals surface area contributed by atoms with Crippen LogP contribution in [0.25, 0.3) is 0 Å². The van der Waals surface area contributed by atoms with E-state index >= 15 is 0 Å². The van der Waals surface area contributed by atoms with Crippen LogP contribution >= 0.6 is 8.58 Å². The molecule has 1 heteroatoms. The molecule has 6 atom stereocenters. The SMILES string of the molecule is C=C(C(C)C)C(C)PC1C(C)CCC(C)C1C. The van der Waals surface area contributed by atoms with Gasteiger partial charge in [0.05, 0.1) is 0 Å². The first-order valence-electron chi connectivity index (χ1n) is 7.29. The lowest BCUT2D eigenvalue weighted by atomic mass is 9.76. The summed E-state index contributed by atoms with van der Waals surface area (Å²) in [4.78, 5) is 0. The third-order valence-electron chi connectivity index (χ3n) is 4.89. The lowest BCUT2D eigenvalue weighted by molar-refractivity contribution is 0.229. The van der Waals surface area contributed by atoms with Crippen LogP contribution in [0.4, 0.5) is 0 Å². The Bertz CT molecular complexity index is 256. The van der Waals surface area contributed by atoms with Crippen molar-refractivity contribution in [1.82, 2.24) is 0 Å². The second kappa shape index (κ2) is 6.37. The van der Waals surface area contributed by atoms with E-state index in [9.17, 15) is 0 Å². The van der Waals surface area contributed by atoms with E-state index in [1.165, 1.54) is 18.4 Å². The van der Waals surface area contributed by atoms with Gasteiger partial charge in [-0.3, -0.25) is 0 Å². The number of hydrogen-bond acceptors (Lipinski definition) is 0. The van der Waals surface area contributed by atoms with Crippen LogP contribution in [0.3, 0.4) is 0 Å². The van der Waals surface area contributed by atoms with E-state index in [1.54, 1.807) is 0 Å². The summed E-state index contributed by atoms with van der Waals surface area (Å²) in [6.07, 6.45) is 2.87. The summed E-state index contributed by atoms with van der Waals surface area (Å²) in [5.41, 5.74) is 3.11. The maximum Gasteiger partial charge on any atom is -0.00528 e. The molecule has 0 saturated heterocycles. The zero-order valence-corrected chi connectivity index (χ0v) is 13.6. The summed E-state index contributed by atoms with van der Waals surface area (Å²) in [7, 11) is 1.08. The molecule has 0 nitrogen and oxygen atoms in total. The molecule has 17 heavy (non-hydrogen) atoms. The highest BCUT2D eigenvalue weighted by Crippen LogP contribution is 2.47. The Morgan fingerprint density at radius 1 is 1.06 bits per heavy atom. The van der Waals surface area contributed by atoms with Crippen molar-refractivity contribution in [2.24, 2.45) is 23.7 Å². The normalized spacial score (nSPS) is 36.6. The van der Waals surface area contributed by atoms with Crippen molar-refractivity contribution in [3.63, 3.8) is 0 Å². The van der Waals surface area contributed by atoms with Crippen LogP contribution in [0.15, 0.2) is 12.2 Å². The average molecular weight is 254 g/mol. The second-order valence-electron chi connectivity index (χ2n) is 6.53. The smallest absolute Gasteiger partial charge is 0.00528 e. The van der Waals surface area contributed by atoms with Crippen LogP contribution in [0.1, 0.15) is 54.4 Å². The quantitative estimate of drug-likeness (QED) is 0.469. The van der Waals surface area contributed by atoms with Crippen LogP contribution in [-0.2, 0) is 0 Å². The Balaban J connectivity index is 2.62.